The molecule has 6 nitrogen and oxygen atoms in total. The highest BCUT2D eigenvalue weighted by atomic mass is 16.4. The predicted octanol–water partition coefficient (Wildman–Crippen LogP) is 0.652. The van der Waals surface area contributed by atoms with E-state index in [4.69, 9.17) is 5.11 Å². The van der Waals surface area contributed by atoms with Crippen LogP contribution in [0.3, 0.4) is 0 Å². The average Bonchev–Trinajstić information content (AvgIpc) is 2.31. The predicted molar refractivity (Wildman–Crippen MR) is 66.2 cm³/mol. The third-order valence-corrected chi connectivity index (χ3v) is 3.39. The molecule has 6 heteroatoms. The smallest absolute Gasteiger partial charge is 0.317 e. The second-order valence-corrected chi connectivity index (χ2v) is 4.93. The minimum absolute atomic E-state index is 0.0593. The number of hydrogen-bond acceptors (Lipinski definition) is 3. The lowest BCUT2D eigenvalue weighted by atomic mass is 9.97. The molecule has 18 heavy (non-hydrogen) atoms. The molecule has 1 saturated heterocycles. The quantitative estimate of drug-likeness (QED) is 0.690. The fourth-order valence-corrected chi connectivity index (χ4v) is 2.09. The highest BCUT2D eigenvalue weighted by Gasteiger charge is 2.28. The van der Waals surface area contributed by atoms with E-state index in [2.05, 4.69) is 5.32 Å². The van der Waals surface area contributed by atoms with Gasteiger partial charge in [0.05, 0.1) is 12.5 Å². The van der Waals surface area contributed by atoms with E-state index in [-0.39, 0.29) is 30.5 Å². The molecule has 3 N–H and O–H groups in total. The van der Waals surface area contributed by atoms with Crippen LogP contribution in [0.1, 0.15) is 33.1 Å². The van der Waals surface area contributed by atoms with Gasteiger partial charge in [-0.05, 0) is 18.8 Å². The molecule has 0 aromatic rings. The van der Waals surface area contributed by atoms with Crippen molar-refractivity contribution >= 4 is 12.0 Å². The number of amides is 2. The Hall–Kier alpha value is -1.30. The lowest BCUT2D eigenvalue weighted by molar-refractivity contribution is -0.137. The maximum Gasteiger partial charge on any atom is 0.317 e. The topological polar surface area (TPSA) is 89.9 Å². The zero-order chi connectivity index (χ0) is 13.7. The molecule has 0 bridgehead atoms. The Kier molecular flexibility index (Phi) is 5.40. The monoisotopic (exact) mass is 258 g/mol. The number of hydrogen-bond donors (Lipinski definition) is 3. The fourth-order valence-electron chi connectivity index (χ4n) is 2.09. The molecule has 1 fully saturated rings. The van der Waals surface area contributed by atoms with E-state index in [0.29, 0.717) is 25.9 Å². The van der Waals surface area contributed by atoms with Crippen molar-refractivity contribution in [2.45, 2.75) is 45.3 Å². The average molecular weight is 258 g/mol. The van der Waals surface area contributed by atoms with Crippen molar-refractivity contribution in [3.05, 3.63) is 0 Å². The Labute approximate surface area is 107 Å². The van der Waals surface area contributed by atoms with Gasteiger partial charge in [0.1, 0.15) is 0 Å². The molecular formula is C12H22N2O4. The number of aliphatic hydroxyl groups excluding tert-OH is 1. The van der Waals surface area contributed by atoms with Crippen LogP contribution in [0.15, 0.2) is 0 Å². The van der Waals surface area contributed by atoms with Gasteiger partial charge in [0.15, 0.2) is 0 Å². The molecule has 3 unspecified atom stereocenters. The number of carbonyl (C=O) groups is 2. The standard InChI is InChI=1S/C12H22N2O4/c1-3-9(6-11(16)17)13-12(18)14-5-4-10(15)8(2)7-14/h8-10,15H,3-7H2,1-2H3,(H,13,18)(H,16,17). The summed E-state index contributed by atoms with van der Waals surface area (Å²) in [5.74, 6) is -0.853. The molecule has 1 aliphatic heterocycles. The van der Waals surface area contributed by atoms with Gasteiger partial charge in [0.2, 0.25) is 0 Å². The van der Waals surface area contributed by atoms with E-state index in [1.165, 1.54) is 0 Å². The van der Waals surface area contributed by atoms with Gasteiger partial charge in [-0.2, -0.15) is 0 Å². The molecule has 2 amide bonds. The Morgan fingerprint density at radius 1 is 1.50 bits per heavy atom. The van der Waals surface area contributed by atoms with Crippen LogP contribution in [0.25, 0.3) is 0 Å². The van der Waals surface area contributed by atoms with Crippen molar-refractivity contribution in [3.63, 3.8) is 0 Å². The number of nitrogens with one attached hydrogen (secondary N) is 1. The van der Waals surface area contributed by atoms with E-state index < -0.39 is 5.97 Å². The Morgan fingerprint density at radius 3 is 2.67 bits per heavy atom. The Bertz CT molecular complexity index is 308. The van der Waals surface area contributed by atoms with Gasteiger partial charge in [-0.25, -0.2) is 4.79 Å². The minimum Gasteiger partial charge on any atom is -0.481 e. The van der Waals surface area contributed by atoms with Crippen molar-refractivity contribution in [3.8, 4) is 0 Å². The molecule has 0 saturated carbocycles. The SMILES string of the molecule is CCC(CC(=O)O)NC(=O)N1CCC(O)C(C)C1. The van der Waals surface area contributed by atoms with Crippen LogP contribution in [0, 0.1) is 5.92 Å². The second kappa shape index (κ2) is 6.58. The summed E-state index contributed by atoms with van der Waals surface area (Å²) in [7, 11) is 0. The first kappa shape index (κ1) is 14.8. The largest absolute Gasteiger partial charge is 0.481 e. The molecule has 0 radical (unpaired) electrons. The summed E-state index contributed by atoms with van der Waals surface area (Å²) < 4.78 is 0. The summed E-state index contributed by atoms with van der Waals surface area (Å²) in [6.07, 6.45) is 0.748. The first-order valence-corrected chi connectivity index (χ1v) is 6.39. The van der Waals surface area contributed by atoms with Gasteiger partial charge in [0.25, 0.3) is 0 Å². The maximum atomic E-state index is 11.9. The number of aliphatic carboxylic acids is 1. The van der Waals surface area contributed by atoms with Crippen LogP contribution in [-0.2, 0) is 4.79 Å². The minimum atomic E-state index is -0.912. The first-order chi connectivity index (χ1) is 8.43. The van der Waals surface area contributed by atoms with Crippen molar-refractivity contribution in [1.82, 2.24) is 10.2 Å². The van der Waals surface area contributed by atoms with Gasteiger partial charge in [-0.1, -0.05) is 13.8 Å². The number of carboxylic acid groups (broad SMARTS) is 1. The van der Waals surface area contributed by atoms with Crippen LogP contribution in [0.5, 0.6) is 0 Å². The number of piperidine rings is 1. The zero-order valence-corrected chi connectivity index (χ0v) is 10.9. The lowest BCUT2D eigenvalue weighted by Crippen LogP contribution is -2.51. The van der Waals surface area contributed by atoms with Crippen molar-refractivity contribution in [1.29, 1.82) is 0 Å². The van der Waals surface area contributed by atoms with Gasteiger partial charge in [-0.15, -0.1) is 0 Å². The number of urea groups is 1. The highest BCUT2D eigenvalue weighted by Crippen LogP contribution is 2.16. The van der Waals surface area contributed by atoms with Gasteiger partial charge in [0, 0.05) is 19.1 Å². The molecule has 3 atom stereocenters. The Morgan fingerprint density at radius 2 is 2.17 bits per heavy atom. The van der Waals surface area contributed by atoms with E-state index >= 15 is 0 Å². The number of aliphatic hydroxyl groups is 1. The van der Waals surface area contributed by atoms with Gasteiger partial charge >= 0.3 is 12.0 Å². The summed E-state index contributed by atoms with van der Waals surface area (Å²) in [6.45, 7) is 4.77. The summed E-state index contributed by atoms with van der Waals surface area (Å²) in [5.41, 5.74) is 0. The van der Waals surface area contributed by atoms with Gasteiger partial charge in [-0.3, -0.25) is 4.79 Å². The summed E-state index contributed by atoms with van der Waals surface area (Å²) >= 11 is 0. The van der Waals surface area contributed by atoms with Crippen LogP contribution in [0.4, 0.5) is 4.79 Å². The summed E-state index contributed by atoms with van der Waals surface area (Å²) in [5, 5.41) is 21.0. The molecule has 1 heterocycles. The first-order valence-electron chi connectivity index (χ1n) is 6.39. The number of nitrogens with zero attached hydrogens (tertiary/aromatic N) is 1. The molecule has 0 aliphatic carbocycles. The fraction of sp³-hybridized carbons (Fsp3) is 0.833. The molecule has 0 spiro atoms. The van der Waals surface area contributed by atoms with Gasteiger partial charge < -0.3 is 20.4 Å². The lowest BCUT2D eigenvalue weighted by Gasteiger charge is -2.35. The third-order valence-electron chi connectivity index (χ3n) is 3.39. The van der Waals surface area contributed by atoms with E-state index in [1.807, 2.05) is 13.8 Å². The molecule has 0 aromatic heterocycles. The molecule has 104 valence electrons. The molecule has 0 aromatic carbocycles. The summed E-state index contributed by atoms with van der Waals surface area (Å²) in [6, 6.07) is -0.570. The van der Waals surface area contributed by atoms with Crippen LogP contribution in [-0.4, -0.2) is 52.3 Å². The normalized spacial score (nSPS) is 25.6. The molecular weight excluding hydrogens is 236 g/mol. The van der Waals surface area contributed by atoms with Crippen molar-refractivity contribution < 1.29 is 19.8 Å². The summed E-state index contributed by atoms with van der Waals surface area (Å²) in [4.78, 5) is 24.2. The number of likely N-dealkylation sites (tertiary alicyclic amines) is 1. The number of carbonyl (C=O) groups excluding carboxylic acids is 1. The van der Waals surface area contributed by atoms with Crippen LogP contribution >= 0.6 is 0 Å². The van der Waals surface area contributed by atoms with Crippen molar-refractivity contribution in [2.24, 2.45) is 5.92 Å². The van der Waals surface area contributed by atoms with E-state index in [0.717, 1.165) is 0 Å². The van der Waals surface area contributed by atoms with Crippen LogP contribution < -0.4 is 5.32 Å². The second-order valence-electron chi connectivity index (χ2n) is 4.93. The third kappa shape index (κ3) is 4.18. The number of rotatable bonds is 4. The Balaban J connectivity index is 2.46. The van der Waals surface area contributed by atoms with Crippen molar-refractivity contribution in [2.75, 3.05) is 13.1 Å². The maximum absolute atomic E-state index is 11.9. The van der Waals surface area contributed by atoms with E-state index in [9.17, 15) is 14.7 Å². The highest BCUT2D eigenvalue weighted by molar-refractivity contribution is 5.76. The zero-order valence-electron chi connectivity index (χ0n) is 10.9. The number of carboxylic acids is 1. The van der Waals surface area contributed by atoms with E-state index in [1.54, 1.807) is 4.90 Å². The molecule has 1 rings (SSSR count). The van der Waals surface area contributed by atoms with Crippen LogP contribution in [0.2, 0.25) is 0 Å². The molecule has 1 aliphatic rings.